The van der Waals surface area contributed by atoms with E-state index in [9.17, 15) is 4.79 Å². The van der Waals surface area contributed by atoms with Crippen molar-refractivity contribution in [3.05, 3.63) is 100 Å². The quantitative estimate of drug-likeness (QED) is 0.421. The second-order valence-electron chi connectivity index (χ2n) is 6.89. The Morgan fingerprint density at radius 3 is 2.72 bits per heavy atom. The Hall–Kier alpha value is -3.44. The molecule has 3 aromatic heterocycles. The molecule has 0 aliphatic carbocycles. The summed E-state index contributed by atoms with van der Waals surface area (Å²) in [6, 6.07) is 23.7. The van der Waals surface area contributed by atoms with Gasteiger partial charge in [-0.05, 0) is 48.5 Å². The van der Waals surface area contributed by atoms with E-state index in [4.69, 9.17) is 4.42 Å². The van der Waals surface area contributed by atoms with Crippen LogP contribution in [0.4, 0.5) is 0 Å². The van der Waals surface area contributed by atoms with E-state index in [0.717, 1.165) is 38.9 Å². The molecule has 5 rings (SSSR count). The lowest BCUT2D eigenvalue weighted by molar-refractivity contribution is 0.0951. The first kappa shape index (κ1) is 17.6. The smallest absolute Gasteiger partial charge is 0.251 e. The molecule has 1 N–H and O–H groups in total. The summed E-state index contributed by atoms with van der Waals surface area (Å²) in [4.78, 5) is 19.1. The molecular formula is C24H18N2O2S. The van der Waals surface area contributed by atoms with Crippen LogP contribution in [0.25, 0.3) is 21.9 Å². The first-order valence-corrected chi connectivity index (χ1v) is 10.2. The molecule has 0 atom stereocenters. The summed E-state index contributed by atoms with van der Waals surface area (Å²) in [5.74, 6) is 0.872. The highest BCUT2D eigenvalue weighted by Crippen LogP contribution is 2.24. The normalized spacial score (nSPS) is 11.2. The monoisotopic (exact) mass is 398 g/mol. The molecule has 2 aromatic carbocycles. The van der Waals surface area contributed by atoms with E-state index in [0.29, 0.717) is 12.1 Å². The molecule has 0 radical (unpaired) electrons. The van der Waals surface area contributed by atoms with Crippen LogP contribution in [0.1, 0.15) is 25.9 Å². The predicted octanol–water partition coefficient (Wildman–Crippen LogP) is 5.56. The van der Waals surface area contributed by atoms with Gasteiger partial charge in [-0.1, -0.05) is 24.3 Å². The van der Waals surface area contributed by atoms with Gasteiger partial charge in [-0.2, -0.15) is 0 Å². The minimum atomic E-state index is -0.0806. The Balaban J connectivity index is 1.24. The number of carbonyl (C=O) groups is 1. The number of pyridine rings is 1. The molecule has 5 heteroatoms. The topological polar surface area (TPSA) is 55.1 Å². The van der Waals surface area contributed by atoms with Crippen LogP contribution in [-0.2, 0) is 13.0 Å². The van der Waals surface area contributed by atoms with Crippen LogP contribution in [0, 0.1) is 0 Å². The first-order chi connectivity index (χ1) is 14.2. The van der Waals surface area contributed by atoms with Gasteiger partial charge < -0.3 is 9.73 Å². The summed E-state index contributed by atoms with van der Waals surface area (Å²) in [5, 5.41) is 5.09. The molecule has 1 amide bonds. The summed E-state index contributed by atoms with van der Waals surface area (Å²) in [6.07, 6.45) is 2.51. The highest BCUT2D eigenvalue weighted by atomic mass is 32.1. The van der Waals surface area contributed by atoms with Crippen molar-refractivity contribution in [2.24, 2.45) is 0 Å². The molecule has 0 spiro atoms. The molecule has 0 saturated heterocycles. The van der Waals surface area contributed by atoms with Gasteiger partial charge in [-0.15, -0.1) is 11.3 Å². The van der Waals surface area contributed by atoms with Gasteiger partial charge in [0.1, 0.15) is 11.3 Å². The predicted molar refractivity (Wildman–Crippen MR) is 116 cm³/mol. The van der Waals surface area contributed by atoms with Crippen molar-refractivity contribution in [2.45, 2.75) is 13.0 Å². The molecule has 29 heavy (non-hydrogen) atoms. The van der Waals surface area contributed by atoms with Gasteiger partial charge in [-0.3, -0.25) is 9.78 Å². The third-order valence-corrected chi connectivity index (χ3v) is 5.92. The molecule has 0 aliphatic heterocycles. The number of nitrogens with one attached hydrogen (secondary N) is 1. The Morgan fingerprint density at radius 1 is 0.931 bits per heavy atom. The van der Waals surface area contributed by atoms with E-state index in [1.165, 1.54) is 4.88 Å². The lowest BCUT2D eigenvalue weighted by Crippen LogP contribution is -2.22. The van der Waals surface area contributed by atoms with Gasteiger partial charge in [0.15, 0.2) is 0 Å². The van der Waals surface area contributed by atoms with Crippen LogP contribution in [0.3, 0.4) is 0 Å². The largest absolute Gasteiger partial charge is 0.461 e. The maximum absolute atomic E-state index is 12.5. The fourth-order valence-corrected chi connectivity index (χ4v) is 4.36. The minimum Gasteiger partial charge on any atom is -0.461 e. The fraction of sp³-hybridized carbons (Fsp3) is 0.0833. The zero-order valence-electron chi connectivity index (χ0n) is 15.6. The molecule has 0 saturated carbocycles. The van der Waals surface area contributed by atoms with E-state index >= 15 is 0 Å². The molecule has 4 nitrogen and oxygen atoms in total. The van der Waals surface area contributed by atoms with Gasteiger partial charge in [0.25, 0.3) is 5.91 Å². The number of rotatable bonds is 5. The summed E-state index contributed by atoms with van der Waals surface area (Å²) in [6.45, 7) is 0.509. The number of nitrogens with zero attached hydrogens (tertiary/aromatic N) is 1. The van der Waals surface area contributed by atoms with Crippen LogP contribution < -0.4 is 5.32 Å². The van der Waals surface area contributed by atoms with Crippen molar-refractivity contribution in [2.75, 3.05) is 0 Å². The van der Waals surface area contributed by atoms with E-state index in [1.807, 2.05) is 48.5 Å². The number of fused-ring (bicyclic) bond motifs is 2. The van der Waals surface area contributed by atoms with Crippen molar-refractivity contribution < 1.29 is 9.21 Å². The SMILES string of the molecule is O=C(NCc1ccc(Cc2cc3ccccc3o2)s1)c1ccc2ncccc2c1. The maximum Gasteiger partial charge on any atom is 0.251 e. The highest BCUT2D eigenvalue weighted by Gasteiger charge is 2.09. The van der Waals surface area contributed by atoms with Crippen LogP contribution in [0.2, 0.25) is 0 Å². The molecule has 3 heterocycles. The van der Waals surface area contributed by atoms with E-state index in [1.54, 1.807) is 17.5 Å². The number of furan rings is 1. The molecule has 0 unspecified atom stereocenters. The minimum absolute atomic E-state index is 0.0806. The average molecular weight is 398 g/mol. The summed E-state index contributed by atoms with van der Waals surface area (Å²) >= 11 is 1.69. The number of amides is 1. The lowest BCUT2D eigenvalue weighted by atomic mass is 10.1. The molecular weight excluding hydrogens is 380 g/mol. The van der Waals surface area contributed by atoms with Crippen molar-refractivity contribution in [3.63, 3.8) is 0 Å². The van der Waals surface area contributed by atoms with Crippen molar-refractivity contribution in [1.82, 2.24) is 10.3 Å². The summed E-state index contributed by atoms with van der Waals surface area (Å²) in [5.41, 5.74) is 2.44. The molecule has 5 aromatic rings. The number of para-hydroxylation sites is 1. The van der Waals surface area contributed by atoms with E-state index in [2.05, 4.69) is 34.6 Å². The second-order valence-corrected chi connectivity index (χ2v) is 8.14. The van der Waals surface area contributed by atoms with Crippen LogP contribution in [0.5, 0.6) is 0 Å². The number of hydrogen-bond acceptors (Lipinski definition) is 4. The Bertz CT molecular complexity index is 1290. The Kier molecular flexibility index (Phi) is 4.58. The molecule has 142 valence electrons. The van der Waals surface area contributed by atoms with Gasteiger partial charge in [0.2, 0.25) is 0 Å². The van der Waals surface area contributed by atoms with Gasteiger partial charge in [-0.25, -0.2) is 0 Å². The average Bonchev–Trinajstić information content (AvgIpc) is 3.38. The highest BCUT2D eigenvalue weighted by molar-refractivity contribution is 7.12. The maximum atomic E-state index is 12.5. The third-order valence-electron chi connectivity index (χ3n) is 4.83. The zero-order chi connectivity index (χ0) is 19.6. The number of thiophene rings is 1. The summed E-state index contributed by atoms with van der Waals surface area (Å²) < 4.78 is 5.90. The van der Waals surface area contributed by atoms with Gasteiger partial charge in [0, 0.05) is 38.7 Å². The third kappa shape index (κ3) is 3.77. The number of benzene rings is 2. The molecule has 0 aliphatic rings. The van der Waals surface area contributed by atoms with Gasteiger partial charge >= 0.3 is 0 Å². The Morgan fingerprint density at radius 2 is 1.79 bits per heavy atom. The Labute approximate surface area is 171 Å². The second kappa shape index (κ2) is 7.53. The fourth-order valence-electron chi connectivity index (χ4n) is 3.39. The van der Waals surface area contributed by atoms with Crippen LogP contribution >= 0.6 is 11.3 Å². The van der Waals surface area contributed by atoms with E-state index < -0.39 is 0 Å². The van der Waals surface area contributed by atoms with Crippen molar-refractivity contribution in [3.8, 4) is 0 Å². The van der Waals surface area contributed by atoms with Crippen LogP contribution in [-0.4, -0.2) is 10.9 Å². The van der Waals surface area contributed by atoms with Crippen LogP contribution in [0.15, 0.2) is 83.4 Å². The lowest BCUT2D eigenvalue weighted by Gasteiger charge is -2.05. The van der Waals surface area contributed by atoms with Crippen molar-refractivity contribution in [1.29, 1.82) is 0 Å². The number of carbonyl (C=O) groups excluding carboxylic acids is 1. The van der Waals surface area contributed by atoms with Gasteiger partial charge in [0.05, 0.1) is 12.1 Å². The zero-order valence-corrected chi connectivity index (χ0v) is 16.4. The van der Waals surface area contributed by atoms with E-state index in [-0.39, 0.29) is 5.91 Å². The number of aromatic nitrogens is 1. The van der Waals surface area contributed by atoms with Crippen molar-refractivity contribution >= 4 is 39.1 Å². The number of hydrogen-bond donors (Lipinski definition) is 1. The summed E-state index contributed by atoms with van der Waals surface area (Å²) in [7, 11) is 0. The first-order valence-electron chi connectivity index (χ1n) is 9.43. The molecule has 0 bridgehead atoms. The standard InChI is InChI=1S/C24H18N2O2S/c27-24(18-7-10-22-16(12-18)5-3-11-25-22)26-15-21-9-8-20(29-21)14-19-13-17-4-1-2-6-23(17)28-19/h1-13H,14-15H2,(H,26,27). The molecule has 0 fully saturated rings.